The summed E-state index contributed by atoms with van der Waals surface area (Å²) in [6.45, 7) is 2.43. The lowest BCUT2D eigenvalue weighted by molar-refractivity contribution is -0.132. The van der Waals surface area contributed by atoms with Crippen molar-refractivity contribution < 1.29 is 34.1 Å². The first-order valence-corrected chi connectivity index (χ1v) is 7.81. The summed E-state index contributed by atoms with van der Waals surface area (Å²) in [6.07, 6.45) is 0.273. The summed E-state index contributed by atoms with van der Waals surface area (Å²) < 4.78 is 9.98. The molecule has 0 fully saturated rings. The fourth-order valence-corrected chi connectivity index (χ4v) is 2.35. The van der Waals surface area contributed by atoms with E-state index in [0.717, 1.165) is 0 Å². The Morgan fingerprint density at radius 1 is 0.923 bits per heavy atom. The van der Waals surface area contributed by atoms with Crippen LogP contribution in [0.3, 0.4) is 0 Å². The molecule has 2 rings (SSSR count). The van der Waals surface area contributed by atoms with Crippen LogP contribution < -0.4 is 9.47 Å². The molecule has 0 bridgehead atoms. The van der Waals surface area contributed by atoms with Crippen molar-refractivity contribution >= 4 is 17.7 Å². The number of ether oxygens (including phenoxy) is 2. The van der Waals surface area contributed by atoms with Gasteiger partial charge in [0.15, 0.2) is 5.78 Å². The van der Waals surface area contributed by atoms with Crippen LogP contribution in [-0.4, -0.2) is 27.9 Å². The van der Waals surface area contributed by atoms with Gasteiger partial charge in [0.25, 0.3) is 0 Å². The Morgan fingerprint density at radius 2 is 1.62 bits per heavy atom. The third-order valence-electron chi connectivity index (χ3n) is 3.46. The lowest BCUT2D eigenvalue weighted by atomic mass is 10.0. The van der Waals surface area contributed by atoms with E-state index < -0.39 is 11.9 Å². The second-order valence-corrected chi connectivity index (χ2v) is 5.58. The molecule has 0 saturated heterocycles. The van der Waals surface area contributed by atoms with E-state index in [1.807, 2.05) is 0 Å². The Balaban J connectivity index is 2.20. The van der Waals surface area contributed by atoms with E-state index in [1.165, 1.54) is 50.2 Å². The molecule has 7 nitrogen and oxygen atoms in total. The van der Waals surface area contributed by atoms with Crippen LogP contribution >= 0.6 is 0 Å². The Kier molecular flexibility index (Phi) is 5.95. The van der Waals surface area contributed by atoms with Gasteiger partial charge in [-0.1, -0.05) is 6.07 Å². The minimum absolute atomic E-state index is 0.00354. The van der Waals surface area contributed by atoms with Crippen molar-refractivity contribution in [3.05, 3.63) is 47.5 Å². The van der Waals surface area contributed by atoms with E-state index in [2.05, 4.69) is 0 Å². The van der Waals surface area contributed by atoms with Gasteiger partial charge in [-0.2, -0.15) is 0 Å². The molecule has 0 spiro atoms. The maximum absolute atomic E-state index is 12.5. The van der Waals surface area contributed by atoms with E-state index >= 15 is 0 Å². The number of esters is 2. The van der Waals surface area contributed by atoms with Gasteiger partial charge in [0.1, 0.15) is 23.0 Å². The summed E-state index contributed by atoms with van der Waals surface area (Å²) in [7, 11) is 0. The van der Waals surface area contributed by atoms with Gasteiger partial charge in [0.05, 0.1) is 5.56 Å². The van der Waals surface area contributed by atoms with E-state index in [9.17, 15) is 24.6 Å². The molecule has 0 amide bonds. The summed E-state index contributed by atoms with van der Waals surface area (Å²) in [5, 5.41) is 19.1. The summed E-state index contributed by atoms with van der Waals surface area (Å²) in [5.74, 6) is -1.50. The first-order chi connectivity index (χ1) is 12.3. The largest absolute Gasteiger partial charge is 0.508 e. The molecule has 0 aliphatic heterocycles. The van der Waals surface area contributed by atoms with Gasteiger partial charge in [-0.05, 0) is 30.2 Å². The van der Waals surface area contributed by atoms with Gasteiger partial charge in [0.2, 0.25) is 0 Å². The Morgan fingerprint density at radius 3 is 2.23 bits per heavy atom. The lowest BCUT2D eigenvalue weighted by Crippen LogP contribution is -2.10. The van der Waals surface area contributed by atoms with Crippen molar-refractivity contribution in [2.75, 3.05) is 0 Å². The maximum Gasteiger partial charge on any atom is 0.308 e. The highest BCUT2D eigenvalue weighted by molar-refractivity contribution is 5.99. The number of hydrogen-bond acceptors (Lipinski definition) is 7. The van der Waals surface area contributed by atoms with Crippen LogP contribution in [0.5, 0.6) is 23.0 Å². The highest BCUT2D eigenvalue weighted by Gasteiger charge is 2.17. The normalized spacial score (nSPS) is 10.2. The number of hydrogen-bond donors (Lipinski definition) is 2. The molecule has 0 atom stereocenters. The van der Waals surface area contributed by atoms with Crippen molar-refractivity contribution in [2.24, 2.45) is 0 Å². The molecule has 0 radical (unpaired) electrons. The lowest BCUT2D eigenvalue weighted by Gasteiger charge is -2.11. The van der Waals surface area contributed by atoms with Gasteiger partial charge in [-0.25, -0.2) is 0 Å². The van der Waals surface area contributed by atoms with Crippen LogP contribution in [-0.2, 0) is 16.0 Å². The highest BCUT2D eigenvalue weighted by atomic mass is 16.5. The Hall–Kier alpha value is -3.35. The van der Waals surface area contributed by atoms with Crippen LogP contribution in [0.25, 0.3) is 0 Å². The smallest absolute Gasteiger partial charge is 0.308 e. The average Bonchev–Trinajstić information content (AvgIpc) is 2.53. The molecule has 0 aliphatic carbocycles. The minimum atomic E-state index is -0.616. The third kappa shape index (κ3) is 5.07. The summed E-state index contributed by atoms with van der Waals surface area (Å²) in [6, 6.07) is 8.27. The molecule has 0 saturated carbocycles. The number of rotatable bonds is 6. The monoisotopic (exact) mass is 358 g/mol. The van der Waals surface area contributed by atoms with Crippen LogP contribution in [0.4, 0.5) is 0 Å². The standard InChI is InChI=1S/C19H18O7/c1-11(20)25-15-6-7-16(19(10-15)26-12(2)21)17(23)8-4-13-3-5-14(22)9-18(13)24/h3,5-7,9-10,22,24H,4,8H2,1-2H3. The SMILES string of the molecule is CC(=O)Oc1ccc(C(=O)CCc2ccc(O)cc2O)c(OC(C)=O)c1. The second-order valence-electron chi connectivity index (χ2n) is 5.58. The van der Waals surface area contributed by atoms with Gasteiger partial charge in [0, 0.05) is 32.4 Å². The number of phenolic OH excluding ortho intramolecular Hbond substituents is 2. The number of aromatic hydroxyl groups is 2. The zero-order valence-electron chi connectivity index (χ0n) is 14.3. The number of Topliss-reactive ketones (excluding diaryl/α,β-unsaturated/α-hetero) is 1. The predicted molar refractivity (Wildman–Crippen MR) is 91.5 cm³/mol. The number of carbonyl (C=O) groups excluding carboxylic acids is 3. The van der Waals surface area contributed by atoms with Crippen molar-refractivity contribution in [1.82, 2.24) is 0 Å². The van der Waals surface area contributed by atoms with Gasteiger partial charge in [-0.3, -0.25) is 14.4 Å². The zero-order valence-corrected chi connectivity index (χ0v) is 14.3. The predicted octanol–water partition coefficient (Wildman–Crippen LogP) is 2.76. The number of ketones is 1. The fourth-order valence-electron chi connectivity index (χ4n) is 2.35. The van der Waals surface area contributed by atoms with E-state index in [1.54, 1.807) is 0 Å². The van der Waals surface area contributed by atoms with Crippen molar-refractivity contribution in [2.45, 2.75) is 26.7 Å². The van der Waals surface area contributed by atoms with Crippen molar-refractivity contribution in [3.63, 3.8) is 0 Å². The Bertz CT molecular complexity index is 855. The third-order valence-corrected chi connectivity index (χ3v) is 3.46. The van der Waals surface area contributed by atoms with Crippen molar-refractivity contribution in [3.8, 4) is 23.0 Å². The molecule has 136 valence electrons. The van der Waals surface area contributed by atoms with Gasteiger partial charge in [-0.15, -0.1) is 0 Å². The molecule has 7 heteroatoms. The van der Waals surface area contributed by atoms with E-state index in [-0.39, 0.29) is 47.2 Å². The topological polar surface area (TPSA) is 110 Å². The molecule has 0 aliphatic rings. The first-order valence-electron chi connectivity index (χ1n) is 7.81. The highest BCUT2D eigenvalue weighted by Crippen LogP contribution is 2.28. The molecule has 0 unspecified atom stereocenters. The van der Waals surface area contributed by atoms with Crippen LogP contribution in [0.1, 0.15) is 36.2 Å². The van der Waals surface area contributed by atoms with Gasteiger partial charge >= 0.3 is 11.9 Å². The number of aryl methyl sites for hydroxylation is 1. The molecule has 0 heterocycles. The van der Waals surface area contributed by atoms with Crippen LogP contribution in [0.2, 0.25) is 0 Å². The molecule has 0 aromatic heterocycles. The number of carbonyl (C=O) groups is 3. The molecule has 2 aromatic rings. The summed E-state index contributed by atoms with van der Waals surface area (Å²) >= 11 is 0. The summed E-state index contributed by atoms with van der Waals surface area (Å²) in [4.78, 5) is 34.8. The molecular formula is C19H18O7. The number of benzene rings is 2. The molecular weight excluding hydrogens is 340 g/mol. The first kappa shape index (κ1) is 19.0. The Labute approximate surface area is 149 Å². The minimum Gasteiger partial charge on any atom is -0.508 e. The molecule has 2 N–H and O–H groups in total. The quantitative estimate of drug-likeness (QED) is 0.464. The second kappa shape index (κ2) is 8.15. The zero-order chi connectivity index (χ0) is 19.3. The summed E-state index contributed by atoms with van der Waals surface area (Å²) in [5.41, 5.74) is 0.663. The number of phenols is 2. The van der Waals surface area contributed by atoms with E-state index in [4.69, 9.17) is 9.47 Å². The molecule has 2 aromatic carbocycles. The average molecular weight is 358 g/mol. The van der Waals surface area contributed by atoms with Crippen LogP contribution in [0, 0.1) is 0 Å². The van der Waals surface area contributed by atoms with Gasteiger partial charge < -0.3 is 19.7 Å². The maximum atomic E-state index is 12.5. The fraction of sp³-hybridized carbons (Fsp3) is 0.211. The van der Waals surface area contributed by atoms with Crippen LogP contribution in [0.15, 0.2) is 36.4 Å². The van der Waals surface area contributed by atoms with E-state index in [0.29, 0.717) is 5.56 Å². The molecule has 26 heavy (non-hydrogen) atoms. The van der Waals surface area contributed by atoms with Crippen molar-refractivity contribution in [1.29, 1.82) is 0 Å².